The fourth-order valence-corrected chi connectivity index (χ4v) is 0.997. The second kappa shape index (κ2) is 6.44. The summed E-state index contributed by atoms with van der Waals surface area (Å²) in [5.41, 5.74) is 0. The topological polar surface area (TPSA) is 15.3 Å². The summed E-state index contributed by atoms with van der Waals surface area (Å²) in [6, 6.07) is 0.685. The molecule has 0 fully saturated rings. The van der Waals surface area contributed by atoms with Gasteiger partial charge in [0.1, 0.15) is 0 Å². The summed E-state index contributed by atoms with van der Waals surface area (Å²) in [6.07, 6.45) is 1.22. The number of rotatable bonds is 6. The highest BCUT2D eigenvalue weighted by Crippen LogP contribution is 1.97. The fraction of sp³-hybridized carbons (Fsp3) is 1.00. The van der Waals surface area contributed by atoms with Crippen molar-refractivity contribution >= 4 is 0 Å². The first kappa shape index (κ1) is 11.9. The summed E-state index contributed by atoms with van der Waals surface area (Å²) in [5.74, 6) is 0.746. The van der Waals surface area contributed by atoms with Crippen LogP contribution in [0.5, 0.6) is 0 Å². The third-order valence-electron chi connectivity index (χ3n) is 2.26. The molecular weight excluding hydrogens is 148 g/mol. The number of hydrogen-bond donors (Lipinski definition) is 1. The van der Waals surface area contributed by atoms with Crippen LogP contribution in [-0.4, -0.2) is 31.2 Å². The molecule has 0 amide bonds. The zero-order valence-electron chi connectivity index (χ0n) is 9.22. The maximum absolute atomic E-state index is 3.43. The van der Waals surface area contributed by atoms with E-state index in [1.807, 2.05) is 0 Å². The van der Waals surface area contributed by atoms with Crippen molar-refractivity contribution in [3.63, 3.8) is 0 Å². The molecule has 2 heteroatoms. The van der Waals surface area contributed by atoms with Gasteiger partial charge in [-0.05, 0) is 32.9 Å². The Morgan fingerprint density at radius 2 is 1.83 bits per heavy atom. The van der Waals surface area contributed by atoms with Crippen LogP contribution in [0.2, 0.25) is 0 Å². The van der Waals surface area contributed by atoms with Gasteiger partial charge in [-0.1, -0.05) is 20.8 Å². The third-order valence-corrected chi connectivity index (χ3v) is 2.26. The average molecular weight is 172 g/mol. The van der Waals surface area contributed by atoms with E-state index in [0.717, 1.165) is 19.1 Å². The summed E-state index contributed by atoms with van der Waals surface area (Å²) in [4.78, 5) is 2.35. The average Bonchev–Trinajstić information content (AvgIpc) is 2.02. The largest absolute Gasteiger partial charge is 0.304 e. The SMILES string of the molecule is CCC(C)N(C)CNCC(C)C. The molecule has 1 unspecified atom stereocenters. The first-order chi connectivity index (χ1) is 5.57. The van der Waals surface area contributed by atoms with Gasteiger partial charge in [0.15, 0.2) is 0 Å². The van der Waals surface area contributed by atoms with Crippen molar-refractivity contribution in [1.29, 1.82) is 0 Å². The molecule has 1 N–H and O–H groups in total. The molecule has 2 nitrogen and oxygen atoms in total. The Kier molecular flexibility index (Phi) is 6.39. The molecule has 0 radical (unpaired) electrons. The monoisotopic (exact) mass is 172 g/mol. The first-order valence-electron chi connectivity index (χ1n) is 4.98. The van der Waals surface area contributed by atoms with E-state index in [-0.39, 0.29) is 0 Å². The van der Waals surface area contributed by atoms with Gasteiger partial charge in [-0.15, -0.1) is 0 Å². The second-order valence-corrected chi connectivity index (χ2v) is 4.02. The fourth-order valence-electron chi connectivity index (χ4n) is 0.997. The van der Waals surface area contributed by atoms with Crippen LogP contribution in [0.25, 0.3) is 0 Å². The molecule has 0 rings (SSSR count). The zero-order valence-corrected chi connectivity index (χ0v) is 9.22. The van der Waals surface area contributed by atoms with Gasteiger partial charge in [0, 0.05) is 12.7 Å². The quantitative estimate of drug-likeness (QED) is 0.616. The third kappa shape index (κ3) is 5.56. The van der Waals surface area contributed by atoms with Crippen molar-refractivity contribution in [2.24, 2.45) is 5.92 Å². The normalized spacial score (nSPS) is 14.2. The molecule has 0 heterocycles. The van der Waals surface area contributed by atoms with E-state index in [4.69, 9.17) is 0 Å². The van der Waals surface area contributed by atoms with E-state index in [9.17, 15) is 0 Å². The molecule has 0 aromatic heterocycles. The predicted octanol–water partition coefficient (Wildman–Crippen LogP) is 1.92. The molecule has 0 aromatic carbocycles. The Morgan fingerprint density at radius 3 is 2.25 bits per heavy atom. The van der Waals surface area contributed by atoms with Gasteiger partial charge in [-0.25, -0.2) is 0 Å². The van der Waals surface area contributed by atoms with Gasteiger partial charge in [-0.2, -0.15) is 0 Å². The highest BCUT2D eigenvalue weighted by molar-refractivity contribution is 4.60. The number of nitrogens with one attached hydrogen (secondary N) is 1. The van der Waals surface area contributed by atoms with Crippen LogP contribution in [-0.2, 0) is 0 Å². The van der Waals surface area contributed by atoms with E-state index in [2.05, 4.69) is 45.0 Å². The second-order valence-electron chi connectivity index (χ2n) is 4.02. The molecule has 1 atom stereocenters. The van der Waals surface area contributed by atoms with Gasteiger partial charge in [0.25, 0.3) is 0 Å². The van der Waals surface area contributed by atoms with E-state index in [1.54, 1.807) is 0 Å². The lowest BCUT2D eigenvalue weighted by atomic mass is 10.2. The molecule has 74 valence electrons. The van der Waals surface area contributed by atoms with E-state index < -0.39 is 0 Å². The van der Waals surface area contributed by atoms with Gasteiger partial charge < -0.3 is 5.32 Å². The van der Waals surface area contributed by atoms with Gasteiger partial charge in [-0.3, -0.25) is 4.90 Å². The molecule has 0 aliphatic carbocycles. The molecule has 0 aliphatic heterocycles. The lowest BCUT2D eigenvalue weighted by Crippen LogP contribution is -2.38. The van der Waals surface area contributed by atoms with Crippen LogP contribution < -0.4 is 5.32 Å². The summed E-state index contributed by atoms with van der Waals surface area (Å²) >= 11 is 0. The lowest BCUT2D eigenvalue weighted by molar-refractivity contribution is 0.230. The van der Waals surface area contributed by atoms with Gasteiger partial charge in [0.2, 0.25) is 0 Å². The zero-order chi connectivity index (χ0) is 9.56. The Bertz CT molecular complexity index is 102. The van der Waals surface area contributed by atoms with Crippen LogP contribution in [0, 0.1) is 5.92 Å². The summed E-state index contributed by atoms with van der Waals surface area (Å²) in [5, 5.41) is 3.43. The molecule has 0 aliphatic rings. The van der Waals surface area contributed by atoms with Crippen molar-refractivity contribution in [2.75, 3.05) is 20.3 Å². The maximum Gasteiger partial charge on any atom is 0.0480 e. The molecule has 0 aromatic rings. The Morgan fingerprint density at radius 1 is 1.25 bits per heavy atom. The Labute approximate surface area is 77.3 Å². The Balaban J connectivity index is 3.37. The minimum Gasteiger partial charge on any atom is -0.304 e. The molecule has 0 saturated carbocycles. The van der Waals surface area contributed by atoms with Crippen LogP contribution >= 0.6 is 0 Å². The van der Waals surface area contributed by atoms with Crippen LogP contribution in [0.1, 0.15) is 34.1 Å². The molecule has 12 heavy (non-hydrogen) atoms. The standard InChI is InChI=1S/C10H24N2/c1-6-10(4)12(5)8-11-7-9(2)3/h9-11H,6-8H2,1-5H3. The van der Waals surface area contributed by atoms with E-state index >= 15 is 0 Å². The number of nitrogens with zero attached hydrogens (tertiary/aromatic N) is 1. The smallest absolute Gasteiger partial charge is 0.0480 e. The van der Waals surface area contributed by atoms with Crippen LogP contribution in [0.4, 0.5) is 0 Å². The maximum atomic E-state index is 3.43. The minimum absolute atomic E-state index is 0.685. The van der Waals surface area contributed by atoms with Crippen molar-refractivity contribution in [2.45, 2.75) is 40.2 Å². The first-order valence-corrected chi connectivity index (χ1v) is 4.98. The van der Waals surface area contributed by atoms with Crippen LogP contribution in [0.3, 0.4) is 0 Å². The highest BCUT2D eigenvalue weighted by Gasteiger charge is 2.04. The van der Waals surface area contributed by atoms with Gasteiger partial charge >= 0.3 is 0 Å². The lowest BCUT2D eigenvalue weighted by Gasteiger charge is -2.24. The molecule has 0 saturated heterocycles. The highest BCUT2D eigenvalue weighted by atomic mass is 15.2. The summed E-state index contributed by atoms with van der Waals surface area (Å²) < 4.78 is 0. The molecule has 0 bridgehead atoms. The number of hydrogen-bond acceptors (Lipinski definition) is 2. The summed E-state index contributed by atoms with van der Waals surface area (Å²) in [7, 11) is 2.17. The summed E-state index contributed by atoms with van der Waals surface area (Å²) in [6.45, 7) is 11.1. The van der Waals surface area contributed by atoms with Crippen molar-refractivity contribution in [1.82, 2.24) is 10.2 Å². The van der Waals surface area contributed by atoms with E-state index in [0.29, 0.717) is 6.04 Å². The van der Waals surface area contributed by atoms with Crippen molar-refractivity contribution in [3.8, 4) is 0 Å². The van der Waals surface area contributed by atoms with Gasteiger partial charge in [0.05, 0.1) is 0 Å². The minimum atomic E-state index is 0.685. The van der Waals surface area contributed by atoms with E-state index in [1.165, 1.54) is 6.42 Å². The van der Waals surface area contributed by atoms with Crippen LogP contribution in [0.15, 0.2) is 0 Å². The van der Waals surface area contributed by atoms with Crippen molar-refractivity contribution in [3.05, 3.63) is 0 Å². The molecule has 0 spiro atoms. The molecular formula is C10H24N2. The predicted molar refractivity (Wildman–Crippen MR) is 55.2 cm³/mol. The van der Waals surface area contributed by atoms with Crippen molar-refractivity contribution < 1.29 is 0 Å². The Hall–Kier alpha value is -0.0800.